The molecule has 0 saturated carbocycles. The van der Waals surface area contributed by atoms with E-state index in [0.29, 0.717) is 27.9 Å². The van der Waals surface area contributed by atoms with Gasteiger partial charge in [-0.05, 0) is 35.4 Å². The Balaban J connectivity index is 2.18. The normalized spacial score (nSPS) is 10.5. The molecule has 5 heteroatoms. The van der Waals surface area contributed by atoms with E-state index in [1.165, 1.54) is 12.1 Å². The van der Waals surface area contributed by atoms with Crippen LogP contribution in [0.1, 0.15) is 11.1 Å². The van der Waals surface area contributed by atoms with E-state index in [4.69, 9.17) is 33.7 Å². The predicted molar refractivity (Wildman–Crippen MR) is 75.1 cm³/mol. The molecule has 2 aromatic carbocycles. The lowest BCUT2D eigenvalue weighted by Gasteiger charge is -2.11. The van der Waals surface area contributed by atoms with Gasteiger partial charge in [0.2, 0.25) is 0 Å². The average Bonchev–Trinajstić information content (AvgIpc) is 2.40. The van der Waals surface area contributed by atoms with Crippen molar-refractivity contribution in [3.8, 4) is 5.75 Å². The Morgan fingerprint density at radius 1 is 1.05 bits per heavy atom. The maximum atomic E-state index is 13.2. The molecule has 100 valence electrons. The van der Waals surface area contributed by atoms with Gasteiger partial charge in [-0.2, -0.15) is 0 Å². The number of rotatable bonds is 4. The van der Waals surface area contributed by atoms with Gasteiger partial charge in [0.1, 0.15) is 18.2 Å². The van der Waals surface area contributed by atoms with E-state index in [0.717, 1.165) is 5.56 Å². The van der Waals surface area contributed by atoms with Crippen molar-refractivity contribution in [3.05, 3.63) is 63.4 Å². The van der Waals surface area contributed by atoms with Crippen LogP contribution in [-0.4, -0.2) is 0 Å². The second-order valence-corrected chi connectivity index (χ2v) is 4.82. The highest BCUT2D eigenvalue weighted by Gasteiger charge is 2.07. The van der Waals surface area contributed by atoms with Gasteiger partial charge < -0.3 is 10.5 Å². The Labute approximate surface area is 120 Å². The Bertz CT molecular complexity index is 590. The SMILES string of the molecule is NCc1ccc(F)cc1COc1cc(Cl)ccc1Cl. The smallest absolute Gasteiger partial charge is 0.139 e. The number of ether oxygens (including phenoxy) is 1. The third kappa shape index (κ3) is 3.60. The zero-order chi connectivity index (χ0) is 13.8. The zero-order valence-electron chi connectivity index (χ0n) is 10.00. The van der Waals surface area contributed by atoms with Crippen LogP contribution < -0.4 is 10.5 Å². The monoisotopic (exact) mass is 299 g/mol. The molecule has 0 bridgehead atoms. The molecule has 0 amide bonds. The highest BCUT2D eigenvalue weighted by atomic mass is 35.5. The van der Waals surface area contributed by atoms with Crippen molar-refractivity contribution < 1.29 is 9.13 Å². The minimum Gasteiger partial charge on any atom is -0.487 e. The molecule has 0 aromatic heterocycles. The quantitative estimate of drug-likeness (QED) is 0.919. The van der Waals surface area contributed by atoms with Crippen molar-refractivity contribution in [1.82, 2.24) is 0 Å². The number of hydrogen-bond donors (Lipinski definition) is 1. The number of halogens is 3. The second kappa shape index (κ2) is 6.24. The molecular weight excluding hydrogens is 288 g/mol. The van der Waals surface area contributed by atoms with E-state index in [9.17, 15) is 4.39 Å². The number of hydrogen-bond acceptors (Lipinski definition) is 2. The van der Waals surface area contributed by atoms with Crippen molar-refractivity contribution in [2.45, 2.75) is 13.2 Å². The van der Waals surface area contributed by atoms with Crippen molar-refractivity contribution in [3.63, 3.8) is 0 Å². The standard InChI is InChI=1S/C14H12Cl2FNO/c15-11-2-4-13(16)14(6-11)19-8-10-5-12(17)3-1-9(10)7-18/h1-6H,7-8,18H2. The summed E-state index contributed by atoms with van der Waals surface area (Å²) in [6.07, 6.45) is 0. The zero-order valence-corrected chi connectivity index (χ0v) is 11.5. The molecule has 0 fully saturated rings. The third-order valence-corrected chi connectivity index (χ3v) is 3.21. The summed E-state index contributed by atoms with van der Waals surface area (Å²) in [6, 6.07) is 9.36. The minimum absolute atomic E-state index is 0.185. The van der Waals surface area contributed by atoms with Crippen LogP contribution in [0.2, 0.25) is 10.0 Å². The molecule has 0 aliphatic rings. The maximum Gasteiger partial charge on any atom is 0.139 e. The van der Waals surface area contributed by atoms with E-state index in [1.807, 2.05) is 0 Å². The van der Waals surface area contributed by atoms with Crippen LogP contribution >= 0.6 is 23.2 Å². The molecular formula is C14H12Cl2FNO. The largest absolute Gasteiger partial charge is 0.487 e. The van der Waals surface area contributed by atoms with E-state index < -0.39 is 0 Å². The van der Waals surface area contributed by atoms with E-state index in [2.05, 4.69) is 0 Å². The van der Waals surface area contributed by atoms with Crippen molar-refractivity contribution in [1.29, 1.82) is 0 Å². The van der Waals surface area contributed by atoms with Crippen LogP contribution in [0, 0.1) is 5.82 Å². The van der Waals surface area contributed by atoms with E-state index >= 15 is 0 Å². The molecule has 0 radical (unpaired) electrons. The van der Waals surface area contributed by atoms with Gasteiger partial charge in [0.25, 0.3) is 0 Å². The molecule has 19 heavy (non-hydrogen) atoms. The van der Waals surface area contributed by atoms with Gasteiger partial charge in [-0.1, -0.05) is 29.3 Å². The summed E-state index contributed by atoms with van der Waals surface area (Å²) < 4.78 is 18.8. The Hall–Kier alpha value is -1.29. The summed E-state index contributed by atoms with van der Waals surface area (Å²) in [4.78, 5) is 0. The van der Waals surface area contributed by atoms with Crippen LogP contribution in [0.4, 0.5) is 4.39 Å². The predicted octanol–water partition coefficient (Wildman–Crippen LogP) is 4.17. The maximum absolute atomic E-state index is 13.2. The summed E-state index contributed by atoms with van der Waals surface area (Å²) in [5, 5.41) is 0.979. The van der Waals surface area contributed by atoms with Crippen LogP contribution in [0.3, 0.4) is 0 Å². The molecule has 2 aromatic rings. The van der Waals surface area contributed by atoms with Gasteiger partial charge in [0.15, 0.2) is 0 Å². The first-order valence-corrected chi connectivity index (χ1v) is 6.41. The molecule has 0 aliphatic heterocycles. The highest BCUT2D eigenvalue weighted by molar-refractivity contribution is 6.34. The molecule has 0 atom stereocenters. The fourth-order valence-electron chi connectivity index (χ4n) is 1.67. The summed E-state index contributed by atoms with van der Waals surface area (Å²) in [5.74, 6) is 0.134. The van der Waals surface area contributed by atoms with E-state index in [-0.39, 0.29) is 12.4 Å². The Kier molecular flexibility index (Phi) is 4.64. The van der Waals surface area contributed by atoms with Gasteiger partial charge in [0.05, 0.1) is 5.02 Å². The second-order valence-electron chi connectivity index (χ2n) is 3.98. The van der Waals surface area contributed by atoms with Gasteiger partial charge in [-0.25, -0.2) is 4.39 Å². The lowest BCUT2D eigenvalue weighted by molar-refractivity contribution is 0.304. The van der Waals surface area contributed by atoms with Gasteiger partial charge in [0, 0.05) is 17.6 Å². The summed E-state index contributed by atoms with van der Waals surface area (Å²) in [6.45, 7) is 0.507. The molecule has 0 spiro atoms. The molecule has 0 saturated heterocycles. The third-order valence-electron chi connectivity index (χ3n) is 2.66. The highest BCUT2D eigenvalue weighted by Crippen LogP contribution is 2.28. The molecule has 2 N–H and O–H groups in total. The van der Waals surface area contributed by atoms with Crippen LogP contribution in [0.25, 0.3) is 0 Å². The lowest BCUT2D eigenvalue weighted by Crippen LogP contribution is -2.05. The van der Waals surface area contributed by atoms with Crippen LogP contribution in [0.5, 0.6) is 5.75 Å². The van der Waals surface area contributed by atoms with Crippen molar-refractivity contribution in [2.24, 2.45) is 5.73 Å². The lowest BCUT2D eigenvalue weighted by atomic mass is 10.1. The summed E-state index contributed by atoms with van der Waals surface area (Å²) in [7, 11) is 0. The molecule has 0 aliphatic carbocycles. The van der Waals surface area contributed by atoms with Gasteiger partial charge >= 0.3 is 0 Å². The van der Waals surface area contributed by atoms with Gasteiger partial charge in [-0.15, -0.1) is 0 Å². The Morgan fingerprint density at radius 3 is 2.58 bits per heavy atom. The summed E-state index contributed by atoms with van der Waals surface area (Å²) >= 11 is 11.8. The Morgan fingerprint density at radius 2 is 1.84 bits per heavy atom. The number of benzene rings is 2. The topological polar surface area (TPSA) is 35.2 Å². The fourth-order valence-corrected chi connectivity index (χ4v) is 2.01. The average molecular weight is 300 g/mol. The molecule has 2 rings (SSSR count). The summed E-state index contributed by atoms with van der Waals surface area (Å²) in [5.41, 5.74) is 7.12. The van der Waals surface area contributed by atoms with Crippen LogP contribution in [0.15, 0.2) is 36.4 Å². The van der Waals surface area contributed by atoms with Crippen LogP contribution in [-0.2, 0) is 13.2 Å². The first kappa shape index (κ1) is 14.1. The number of nitrogens with two attached hydrogens (primary N) is 1. The fraction of sp³-hybridized carbons (Fsp3) is 0.143. The van der Waals surface area contributed by atoms with Crippen molar-refractivity contribution >= 4 is 23.2 Å². The molecule has 2 nitrogen and oxygen atoms in total. The molecule has 0 unspecified atom stereocenters. The van der Waals surface area contributed by atoms with Gasteiger partial charge in [-0.3, -0.25) is 0 Å². The molecule has 0 heterocycles. The first-order chi connectivity index (χ1) is 9.10. The van der Waals surface area contributed by atoms with Crippen molar-refractivity contribution in [2.75, 3.05) is 0 Å². The first-order valence-electron chi connectivity index (χ1n) is 5.65. The minimum atomic E-state index is -0.326. The van der Waals surface area contributed by atoms with E-state index in [1.54, 1.807) is 24.3 Å².